The summed E-state index contributed by atoms with van der Waals surface area (Å²) in [7, 11) is 0. The van der Waals surface area contributed by atoms with Gasteiger partial charge in [0, 0.05) is 6.20 Å². The molecule has 2 aromatic heterocycles. The van der Waals surface area contributed by atoms with Gasteiger partial charge in [-0.2, -0.15) is 17.9 Å². The molecule has 0 bridgehead atoms. The zero-order chi connectivity index (χ0) is 20.9. The van der Waals surface area contributed by atoms with Gasteiger partial charge in [-0.15, -0.1) is 5.10 Å². The highest BCUT2D eigenvalue weighted by Gasteiger charge is 2.32. The van der Waals surface area contributed by atoms with Crippen LogP contribution in [-0.2, 0) is 11.6 Å². The molecule has 0 spiro atoms. The summed E-state index contributed by atoms with van der Waals surface area (Å²) in [4.78, 5) is 16.6. The van der Waals surface area contributed by atoms with Gasteiger partial charge in [-0.25, -0.2) is 14.3 Å². The zero-order valence-corrected chi connectivity index (χ0v) is 16.4. The average molecular weight is 411 g/mol. The van der Waals surface area contributed by atoms with Gasteiger partial charge in [-0.3, -0.25) is 0 Å². The zero-order valence-electron chi connectivity index (χ0n) is 15.7. The minimum atomic E-state index is -4.58. The second kappa shape index (κ2) is 6.77. The quantitative estimate of drug-likeness (QED) is 0.615. The highest BCUT2D eigenvalue weighted by atomic mass is 35.5. The summed E-state index contributed by atoms with van der Waals surface area (Å²) in [6, 6.07) is 8.15. The van der Waals surface area contributed by atoms with Gasteiger partial charge in [0.05, 0.1) is 16.3 Å². The predicted molar refractivity (Wildman–Crippen MR) is 100 cm³/mol. The molecule has 1 aromatic carbocycles. The first-order valence-corrected chi connectivity index (χ1v) is 8.80. The molecule has 0 unspecified atom stereocenters. The van der Waals surface area contributed by atoms with E-state index in [1.54, 1.807) is 19.1 Å². The van der Waals surface area contributed by atoms with E-state index in [4.69, 9.17) is 11.6 Å². The van der Waals surface area contributed by atoms with Gasteiger partial charge >= 0.3 is 11.9 Å². The molecule has 28 heavy (non-hydrogen) atoms. The molecule has 148 valence electrons. The van der Waals surface area contributed by atoms with Gasteiger partial charge < -0.3 is 0 Å². The molecular formula is C19H18ClF3N4O. The third kappa shape index (κ3) is 3.69. The Kier molecular flexibility index (Phi) is 4.87. The minimum Gasteiger partial charge on any atom is -0.247 e. The van der Waals surface area contributed by atoms with E-state index >= 15 is 0 Å². The van der Waals surface area contributed by atoms with E-state index in [0.717, 1.165) is 16.3 Å². The number of rotatable bonds is 2. The smallest absolute Gasteiger partial charge is 0.247 e. The molecule has 0 aliphatic carbocycles. The Hall–Kier alpha value is -2.61. The van der Waals surface area contributed by atoms with Gasteiger partial charge in [-0.05, 0) is 36.1 Å². The molecule has 2 heterocycles. The van der Waals surface area contributed by atoms with Crippen molar-refractivity contribution in [3.05, 3.63) is 69.0 Å². The summed E-state index contributed by atoms with van der Waals surface area (Å²) in [6.45, 7) is 7.86. The monoisotopic (exact) mass is 410 g/mol. The fourth-order valence-corrected chi connectivity index (χ4v) is 3.00. The summed E-state index contributed by atoms with van der Waals surface area (Å²) >= 11 is 5.95. The number of benzene rings is 1. The lowest BCUT2D eigenvalue weighted by Crippen LogP contribution is -2.24. The van der Waals surface area contributed by atoms with Crippen molar-refractivity contribution in [3.8, 4) is 11.5 Å². The van der Waals surface area contributed by atoms with Crippen molar-refractivity contribution in [1.29, 1.82) is 0 Å². The number of pyridine rings is 1. The second-order valence-electron chi connectivity index (χ2n) is 7.40. The van der Waals surface area contributed by atoms with E-state index in [2.05, 4.69) is 30.9 Å². The largest absolute Gasteiger partial charge is 0.417 e. The van der Waals surface area contributed by atoms with Crippen molar-refractivity contribution in [2.75, 3.05) is 0 Å². The van der Waals surface area contributed by atoms with Crippen LogP contribution >= 0.6 is 11.6 Å². The van der Waals surface area contributed by atoms with E-state index in [-0.39, 0.29) is 16.3 Å². The standard InChI is InChI=1S/C19H18ClF3N4O/c1-11-25-27(16-15(20)9-13(10-24-16)19(21,22)23)17(28)26(11)14-7-5-12(6-8-14)18(2,3)4/h5-10H,1-4H3. The van der Waals surface area contributed by atoms with Crippen molar-refractivity contribution in [3.63, 3.8) is 0 Å². The summed E-state index contributed by atoms with van der Waals surface area (Å²) in [5.74, 6) is 0.194. The van der Waals surface area contributed by atoms with Crippen molar-refractivity contribution >= 4 is 11.6 Å². The third-order valence-electron chi connectivity index (χ3n) is 4.28. The molecule has 0 amide bonds. The van der Waals surface area contributed by atoms with Crippen molar-refractivity contribution in [1.82, 2.24) is 19.3 Å². The lowest BCUT2D eigenvalue weighted by molar-refractivity contribution is -0.137. The summed E-state index contributed by atoms with van der Waals surface area (Å²) in [5.41, 5.74) is 0.0744. The molecule has 3 rings (SSSR count). The maximum Gasteiger partial charge on any atom is 0.417 e. The van der Waals surface area contributed by atoms with Crippen LogP contribution in [0.25, 0.3) is 11.5 Å². The van der Waals surface area contributed by atoms with E-state index < -0.39 is 17.4 Å². The number of hydrogen-bond donors (Lipinski definition) is 0. The van der Waals surface area contributed by atoms with Crippen LogP contribution in [0.4, 0.5) is 13.2 Å². The van der Waals surface area contributed by atoms with Gasteiger partial charge in [0.1, 0.15) is 5.82 Å². The van der Waals surface area contributed by atoms with Gasteiger partial charge in [0.2, 0.25) is 0 Å². The molecule has 0 N–H and O–H groups in total. The van der Waals surface area contributed by atoms with Crippen LogP contribution in [0.15, 0.2) is 41.3 Å². The van der Waals surface area contributed by atoms with Crippen LogP contribution in [0, 0.1) is 6.92 Å². The first kappa shape index (κ1) is 20.1. The Labute approximate surface area is 164 Å². The van der Waals surface area contributed by atoms with Crippen LogP contribution in [0.2, 0.25) is 5.02 Å². The summed E-state index contributed by atoms with van der Waals surface area (Å²) < 4.78 is 40.6. The average Bonchev–Trinajstić information content (AvgIpc) is 2.87. The maximum absolute atomic E-state index is 12.8. The highest BCUT2D eigenvalue weighted by molar-refractivity contribution is 6.32. The third-order valence-corrected chi connectivity index (χ3v) is 4.56. The normalized spacial score (nSPS) is 12.4. The van der Waals surface area contributed by atoms with E-state index in [0.29, 0.717) is 17.7 Å². The van der Waals surface area contributed by atoms with Gasteiger partial charge in [-0.1, -0.05) is 44.5 Å². The van der Waals surface area contributed by atoms with E-state index in [9.17, 15) is 18.0 Å². The molecular weight excluding hydrogens is 393 g/mol. The second-order valence-corrected chi connectivity index (χ2v) is 7.81. The number of halogens is 4. The number of hydrogen-bond acceptors (Lipinski definition) is 3. The first-order chi connectivity index (χ1) is 12.9. The predicted octanol–water partition coefficient (Wildman–Crippen LogP) is 4.70. The Morgan fingerprint density at radius 2 is 1.64 bits per heavy atom. The highest BCUT2D eigenvalue weighted by Crippen LogP contribution is 2.31. The maximum atomic E-state index is 12.8. The minimum absolute atomic E-state index is 0.0413. The molecule has 0 saturated heterocycles. The van der Waals surface area contributed by atoms with E-state index in [1.165, 1.54) is 4.57 Å². The Morgan fingerprint density at radius 1 is 1.04 bits per heavy atom. The molecule has 0 fully saturated rings. The van der Waals surface area contributed by atoms with Crippen LogP contribution in [-0.4, -0.2) is 19.3 Å². The topological polar surface area (TPSA) is 52.7 Å². The molecule has 0 saturated carbocycles. The SMILES string of the molecule is Cc1nn(-c2ncc(C(F)(F)F)cc2Cl)c(=O)n1-c1ccc(C(C)(C)C)cc1. The molecule has 0 aliphatic rings. The van der Waals surface area contributed by atoms with Gasteiger partial charge in [0.15, 0.2) is 5.82 Å². The van der Waals surface area contributed by atoms with Crippen LogP contribution in [0.3, 0.4) is 0 Å². The fourth-order valence-electron chi connectivity index (χ4n) is 2.75. The first-order valence-electron chi connectivity index (χ1n) is 8.42. The number of aryl methyl sites for hydroxylation is 1. The molecule has 0 aliphatic heterocycles. The number of nitrogens with zero attached hydrogens (tertiary/aromatic N) is 4. The van der Waals surface area contributed by atoms with Crippen molar-refractivity contribution in [2.45, 2.75) is 39.3 Å². The summed E-state index contributed by atoms with van der Waals surface area (Å²) in [6.07, 6.45) is -3.95. The van der Waals surface area contributed by atoms with Gasteiger partial charge in [0.25, 0.3) is 0 Å². The number of alkyl halides is 3. The Morgan fingerprint density at radius 3 is 2.14 bits per heavy atom. The Balaban J connectivity index is 2.07. The van der Waals surface area contributed by atoms with Crippen molar-refractivity contribution < 1.29 is 13.2 Å². The molecule has 0 atom stereocenters. The van der Waals surface area contributed by atoms with Crippen LogP contribution in [0.1, 0.15) is 37.7 Å². The molecule has 0 radical (unpaired) electrons. The molecule has 5 nitrogen and oxygen atoms in total. The molecule has 3 aromatic rings. The number of aromatic nitrogens is 4. The summed E-state index contributed by atoms with van der Waals surface area (Å²) in [5, 5.41) is 3.80. The van der Waals surface area contributed by atoms with E-state index in [1.807, 2.05) is 12.1 Å². The Bertz CT molecular complexity index is 1080. The van der Waals surface area contributed by atoms with Crippen LogP contribution in [0.5, 0.6) is 0 Å². The fraction of sp³-hybridized carbons (Fsp3) is 0.316. The van der Waals surface area contributed by atoms with Crippen molar-refractivity contribution in [2.24, 2.45) is 0 Å². The lowest BCUT2D eigenvalue weighted by atomic mass is 9.87. The van der Waals surface area contributed by atoms with Crippen LogP contribution < -0.4 is 5.69 Å². The molecule has 9 heteroatoms. The lowest BCUT2D eigenvalue weighted by Gasteiger charge is -2.19.